The lowest BCUT2D eigenvalue weighted by Crippen LogP contribution is -2.48. The number of likely N-dealkylation sites (N-methyl/N-ethyl adjacent to an activating group) is 4. The maximum absolute atomic E-state index is 13.4. The number of piperazine rings is 4. The number of hydrazine groups is 3. The highest BCUT2D eigenvalue weighted by Gasteiger charge is 2.38. The number of para-hydroxylation sites is 8. The molecule has 13 heterocycles. The summed E-state index contributed by atoms with van der Waals surface area (Å²) < 4.78 is 48.4. The molecule has 6 aromatic carbocycles. The minimum Gasteiger partial charge on any atom is -0.481 e. The van der Waals surface area contributed by atoms with Crippen LogP contribution in [-0.4, -0.2) is 280 Å². The molecule has 0 unspecified atom stereocenters. The van der Waals surface area contributed by atoms with Gasteiger partial charge in [-0.3, -0.25) is 39.5 Å². The van der Waals surface area contributed by atoms with Crippen LogP contribution in [0.25, 0.3) is 0 Å². The van der Waals surface area contributed by atoms with Gasteiger partial charge in [0.05, 0.1) is 95.1 Å². The minimum atomic E-state index is -4.11. The molecule has 34 nitrogen and oxygen atoms in total. The van der Waals surface area contributed by atoms with Crippen molar-refractivity contribution >= 4 is 205 Å². The number of nitrogens with zero attached hydrogens (tertiary/aromatic N) is 18. The van der Waals surface area contributed by atoms with E-state index >= 15 is 0 Å². The minimum absolute atomic E-state index is 0.0736. The Labute approximate surface area is 797 Å². The van der Waals surface area contributed by atoms with Gasteiger partial charge in [-0.1, -0.05) is 60.7 Å². The fraction of sp³-hybridized carbons (Fsp3) is 0.301. The summed E-state index contributed by atoms with van der Waals surface area (Å²) >= 11 is 6.46. The number of carboxylic acids is 3. The number of fused-ring (bicyclic) bond motifs is 8. The average molecular weight is 1950 g/mol. The average Bonchev–Trinajstić information content (AvgIpc) is 1.59. The van der Waals surface area contributed by atoms with E-state index in [4.69, 9.17) is 51.8 Å². The number of hydrogen-bond acceptors (Lipinski definition) is 32. The molecule has 3 amide bonds. The number of thiophene rings is 4. The first kappa shape index (κ1) is 96.2. The van der Waals surface area contributed by atoms with E-state index in [1.165, 1.54) is 69.6 Å². The van der Waals surface area contributed by atoms with Gasteiger partial charge in [0.15, 0.2) is 0 Å². The molecule has 19 rings (SSSR count). The van der Waals surface area contributed by atoms with Crippen molar-refractivity contribution in [3.05, 3.63) is 235 Å². The summed E-state index contributed by atoms with van der Waals surface area (Å²) in [6.45, 7) is 24.9. The molecule has 700 valence electrons. The lowest BCUT2D eigenvalue weighted by Gasteiger charge is -2.34. The van der Waals surface area contributed by atoms with Crippen molar-refractivity contribution in [2.45, 2.75) is 57.3 Å². The van der Waals surface area contributed by atoms with E-state index in [0.717, 1.165) is 232 Å². The van der Waals surface area contributed by atoms with Gasteiger partial charge in [0.2, 0.25) is 0 Å². The topological polar surface area (TPSA) is 385 Å². The molecule has 10 aromatic rings. The Morgan fingerprint density at radius 2 is 0.776 bits per heavy atom. The smallest absolute Gasteiger partial charge is 0.335 e. The number of sulfonamides is 1. The van der Waals surface area contributed by atoms with E-state index in [1.807, 2.05) is 129 Å². The molecule has 4 aromatic heterocycles. The number of nitrogens with one attached hydrogen (secondary N) is 2. The Morgan fingerprint density at radius 3 is 1.19 bits per heavy atom. The number of anilines is 8. The molecule has 41 heteroatoms. The number of benzene rings is 6. The molecule has 0 saturated carbocycles. The largest absolute Gasteiger partial charge is 0.481 e. The normalized spacial score (nSPS) is 16.9. The number of halogens is 1. The Kier molecular flexibility index (Phi) is 29.9. The van der Waals surface area contributed by atoms with E-state index in [0.29, 0.717) is 22.8 Å². The molecule has 9 aliphatic rings. The molecule has 0 bridgehead atoms. The summed E-state index contributed by atoms with van der Waals surface area (Å²) in [6.07, 6.45) is 2.84. The first-order chi connectivity index (χ1) is 64.1. The molecule has 0 spiro atoms. The summed E-state index contributed by atoms with van der Waals surface area (Å²) in [6, 6.07) is 49.8. The molecule has 0 radical (unpaired) electrons. The number of hydrogen-bond donors (Lipinski definition) is 6. The fourth-order valence-electron chi connectivity index (χ4n) is 15.9. The number of imide groups is 1. The quantitative estimate of drug-likeness (QED) is 0.0270. The first-order valence-corrected chi connectivity index (χ1v) is 50.2. The van der Waals surface area contributed by atoms with Crippen LogP contribution < -0.4 is 36.1 Å². The van der Waals surface area contributed by atoms with E-state index < -0.39 is 54.7 Å². The predicted octanol–water partition coefficient (Wildman–Crippen LogP) is 13.3. The summed E-state index contributed by atoms with van der Waals surface area (Å²) in [5, 5.41) is 42.4. The number of rotatable bonds is 13. The molecule has 134 heavy (non-hydrogen) atoms. The molecule has 4 fully saturated rings. The molecule has 7 N–H and O–H groups in total. The Bertz CT molecular complexity index is 6580. The zero-order valence-electron chi connectivity index (χ0n) is 75.1. The third-order valence-electron chi connectivity index (χ3n) is 23.1. The molecule has 0 atom stereocenters. The van der Waals surface area contributed by atoms with Crippen LogP contribution in [0.5, 0.6) is 0 Å². The molecule has 4 saturated heterocycles. The lowest BCUT2D eigenvalue weighted by atomic mass is 10.2. The summed E-state index contributed by atoms with van der Waals surface area (Å²) in [4.78, 5) is 116. The van der Waals surface area contributed by atoms with Crippen molar-refractivity contribution in [3.63, 3.8) is 0 Å². The zero-order valence-corrected chi connectivity index (χ0v) is 80.8. The van der Waals surface area contributed by atoms with Crippen LogP contribution in [0.1, 0.15) is 82.2 Å². The van der Waals surface area contributed by atoms with Crippen molar-refractivity contribution in [2.24, 2.45) is 30.9 Å². The molecular weight excluding hydrogens is 1850 g/mol. The number of aromatic carboxylic acids is 2. The maximum atomic E-state index is 13.4. The Hall–Kier alpha value is -12.4. The second-order valence-corrected chi connectivity index (χ2v) is 42.2. The summed E-state index contributed by atoms with van der Waals surface area (Å²) in [5.74, 6) is 5.56. The zero-order chi connectivity index (χ0) is 95.1. The highest BCUT2D eigenvalue weighted by molar-refractivity contribution is 8.13. The van der Waals surface area contributed by atoms with Crippen LogP contribution >= 0.6 is 56.0 Å². The number of carbonyl (C=O) groups is 6. The van der Waals surface area contributed by atoms with Gasteiger partial charge in [0, 0.05) is 153 Å². The molecule has 0 aliphatic carbocycles. The van der Waals surface area contributed by atoms with E-state index in [9.17, 15) is 50.7 Å². The number of nitrogens with two attached hydrogens (primary N) is 1. The monoisotopic (exact) mass is 1950 g/mol. The van der Waals surface area contributed by atoms with Crippen molar-refractivity contribution < 1.29 is 60.9 Å². The van der Waals surface area contributed by atoms with Gasteiger partial charge in [-0.15, -0.1) is 50.2 Å². The van der Waals surface area contributed by atoms with Crippen LogP contribution in [-0.2, 0) is 38.3 Å². The number of aliphatic carboxylic acids is 1. The van der Waals surface area contributed by atoms with Crippen LogP contribution in [0.2, 0.25) is 0 Å². The molecule has 9 aliphatic heterocycles. The van der Waals surface area contributed by atoms with Crippen molar-refractivity contribution in [2.75, 3.05) is 159 Å². The number of amidine groups is 4. The highest BCUT2D eigenvalue weighted by Crippen LogP contribution is 2.49. The number of amides is 3. The number of carbonyl (C=O) groups excluding carboxylic acids is 3. The second-order valence-electron chi connectivity index (χ2n) is 33.1. The van der Waals surface area contributed by atoms with Gasteiger partial charge >= 0.3 is 17.9 Å². The van der Waals surface area contributed by atoms with Crippen LogP contribution in [0.15, 0.2) is 217 Å². The number of aliphatic imine (C=N–C) groups is 4. The van der Waals surface area contributed by atoms with Gasteiger partial charge in [0.1, 0.15) is 49.9 Å². The third kappa shape index (κ3) is 22.3. The highest BCUT2D eigenvalue weighted by atomic mass is 35.7. The Balaban J connectivity index is 0.000000131. The fourth-order valence-corrected chi connectivity index (χ4v) is 21.7. The van der Waals surface area contributed by atoms with Gasteiger partial charge in [-0.25, -0.2) is 62.3 Å². The van der Waals surface area contributed by atoms with E-state index in [-0.39, 0.29) is 33.9 Å². The van der Waals surface area contributed by atoms with Crippen LogP contribution in [0, 0.1) is 27.7 Å². The van der Waals surface area contributed by atoms with Crippen molar-refractivity contribution in [1.29, 1.82) is 0 Å². The Morgan fingerprint density at radius 1 is 0.433 bits per heavy atom. The standard InChI is InChI=1S/C24H25N5O4S2.C23H24N6O3S.C22H27N5O2S.C17H21N5S.C7H5ClO4S/c1-16-14-19-22(28-12-10-27(2)11-13-28)25-20-8-3-4-9-21(20)29(23(19)34-16)26-35(32,33)18-7-5-6-17(15-18)24(30)31;1-15-13-16-22(27-11-9-26(2)10-12-27)24-17-5-3-4-6-18(17)29(23(16)33-15)25-19(30)14-28-20(31)7-8-21(28)32;1-15(8-9-20(28)29)24-27-19-7-5-4-6-18(19)23-21(17-14-16(2)30-22(17)27)26-12-10-25(3)11-13-26;1-12-11-13-16(21-9-7-20(2)8-10-21)19-14-5-3-4-6-15(14)22(18)17(13)23-12;8-13(11,12)6-3-1-2-5(4-6)7(9)10/h3-9,14-15,26H,10-13H2,1-2H3,(H,30,31);3-8,13H,9-12,14H2,1-2H3,(H,25,30);4-7,14H,8-13H2,1-3H3,(H,28,29);3-6,11H,7-10,18H2,1-2H3;1-4H,(H,9,10)/b;;24-15-;;. The van der Waals surface area contributed by atoms with Crippen LogP contribution in [0.4, 0.5) is 65.5 Å². The van der Waals surface area contributed by atoms with Gasteiger partial charge in [0.25, 0.3) is 36.8 Å². The van der Waals surface area contributed by atoms with Gasteiger partial charge in [-0.05, 0) is 178 Å². The van der Waals surface area contributed by atoms with E-state index in [2.05, 4.69) is 110 Å². The van der Waals surface area contributed by atoms with Gasteiger partial charge in [-0.2, -0.15) is 5.10 Å². The van der Waals surface area contributed by atoms with Crippen LogP contribution in [0.3, 0.4) is 0 Å². The maximum Gasteiger partial charge on any atom is 0.335 e. The summed E-state index contributed by atoms with van der Waals surface area (Å²) in [5.41, 5.74) is 13.9. The van der Waals surface area contributed by atoms with Crippen molar-refractivity contribution in [3.8, 4) is 0 Å². The second kappa shape index (κ2) is 41.6. The summed E-state index contributed by atoms with van der Waals surface area (Å²) in [7, 11) is 5.59. The third-order valence-corrected chi connectivity index (χ3v) is 29.9. The SMILES string of the molecule is C/C(CCC(=O)O)=N/N1c2ccccc2N=C(N2CCN(C)CC2)c2cc(C)sc21.Cc1cc2c(s1)N(N)c1ccccc1N=C2N1CCN(C)CC1.Cc1cc2c(s1)N(NC(=O)CN1C(=O)C=CC1=O)c1ccccc1N=C2N1CCN(C)CC1.Cc1cc2c(s1)N(NS(=O)(=O)c1cccc(C(=O)O)c1)c1ccccc1N=C2N1CCN(C)CC1.O=C(O)c1cccc(S(=O)(=O)Cl)c1. The number of carboxylic acid groups (broad SMARTS) is 3. The first-order valence-electron chi connectivity index (χ1n) is 43.2. The lowest BCUT2D eigenvalue weighted by molar-refractivity contribution is -0.141. The predicted molar refractivity (Wildman–Crippen MR) is 530 cm³/mol. The van der Waals surface area contributed by atoms with E-state index in [1.54, 1.807) is 49.0 Å². The van der Waals surface area contributed by atoms with Gasteiger partial charge < -0.3 is 54.5 Å². The number of hydrazone groups is 1. The number of aryl methyl sites for hydroxylation is 4. The molecular formula is C93H102ClN21O13S6. The van der Waals surface area contributed by atoms with Crippen molar-refractivity contribution in [1.82, 2.24) is 54.4 Å².